The lowest BCUT2D eigenvalue weighted by Crippen LogP contribution is -1.97. The average molecular weight is 328 g/mol. The van der Waals surface area contributed by atoms with Crippen molar-refractivity contribution >= 4 is 28.9 Å². The van der Waals surface area contributed by atoms with Gasteiger partial charge in [0.2, 0.25) is 5.75 Å². The van der Waals surface area contributed by atoms with Crippen molar-refractivity contribution in [2.24, 2.45) is 0 Å². The fraction of sp³-hybridized carbons (Fsp3) is 0.143. The van der Waals surface area contributed by atoms with E-state index in [2.05, 4.69) is 0 Å². The predicted molar refractivity (Wildman–Crippen MR) is 80.3 cm³/mol. The molecular formula is C14H11Cl2NO4. The molecule has 21 heavy (non-hydrogen) atoms. The first kappa shape index (κ1) is 15.6. The van der Waals surface area contributed by atoms with Crippen LogP contribution in [0.3, 0.4) is 0 Å². The Bertz CT molecular complexity index is 689. The summed E-state index contributed by atoms with van der Waals surface area (Å²) < 4.78 is 5.48. The summed E-state index contributed by atoms with van der Waals surface area (Å²) in [4.78, 5) is 10.5. The maximum Gasteiger partial charge on any atom is 0.311 e. The summed E-state index contributed by atoms with van der Waals surface area (Å²) in [5.74, 6) is 0.241. The second kappa shape index (κ2) is 6.30. The van der Waals surface area contributed by atoms with E-state index in [9.17, 15) is 15.2 Å². The number of halogens is 2. The summed E-state index contributed by atoms with van der Waals surface area (Å²) in [5.41, 5.74) is 0.163. The zero-order valence-electron chi connectivity index (χ0n) is 10.9. The number of nitro groups is 1. The van der Waals surface area contributed by atoms with Crippen molar-refractivity contribution in [3.63, 3.8) is 0 Å². The Labute approximate surface area is 130 Å². The van der Waals surface area contributed by atoms with E-state index in [0.29, 0.717) is 10.6 Å². The highest BCUT2D eigenvalue weighted by Gasteiger charge is 2.19. The Morgan fingerprint density at radius 3 is 2.52 bits per heavy atom. The molecule has 5 nitrogen and oxygen atoms in total. The molecule has 0 spiro atoms. The average Bonchev–Trinajstić information content (AvgIpc) is 2.42. The van der Waals surface area contributed by atoms with Gasteiger partial charge in [0.25, 0.3) is 0 Å². The molecule has 1 N–H and O–H groups in total. The van der Waals surface area contributed by atoms with Gasteiger partial charge in [-0.1, -0.05) is 29.3 Å². The van der Waals surface area contributed by atoms with Crippen molar-refractivity contribution in [1.82, 2.24) is 0 Å². The third kappa shape index (κ3) is 3.64. The molecule has 0 fully saturated rings. The SMILES string of the molecule is C[C@@H](O)c1ccc(Oc2cc(Cl)ccc2Cl)c([N+](=O)[O-])c1. The van der Waals surface area contributed by atoms with Gasteiger partial charge in [0.05, 0.1) is 16.0 Å². The van der Waals surface area contributed by atoms with Gasteiger partial charge in [-0.05, 0) is 30.7 Å². The lowest BCUT2D eigenvalue weighted by molar-refractivity contribution is -0.385. The van der Waals surface area contributed by atoms with E-state index in [1.54, 1.807) is 12.1 Å². The van der Waals surface area contributed by atoms with Crippen molar-refractivity contribution in [3.05, 3.63) is 62.1 Å². The normalized spacial score (nSPS) is 12.0. The number of nitro benzene ring substituents is 1. The standard InChI is InChI=1S/C14H11Cl2NO4/c1-8(18)9-2-5-13(12(6-9)17(19)20)21-14-7-10(15)3-4-11(14)16/h2-8,18H,1H3/t8-/m1/s1. The zero-order chi connectivity index (χ0) is 15.6. The first-order chi connectivity index (χ1) is 9.88. The van der Waals surface area contributed by atoms with Gasteiger partial charge in [0, 0.05) is 17.2 Å². The first-order valence-electron chi connectivity index (χ1n) is 5.98. The maximum absolute atomic E-state index is 11.1. The van der Waals surface area contributed by atoms with E-state index >= 15 is 0 Å². The monoisotopic (exact) mass is 327 g/mol. The third-order valence-electron chi connectivity index (χ3n) is 2.78. The van der Waals surface area contributed by atoms with Crippen LogP contribution < -0.4 is 4.74 Å². The summed E-state index contributed by atoms with van der Waals surface area (Å²) in [6.45, 7) is 1.52. The van der Waals surface area contributed by atoms with E-state index in [1.807, 2.05) is 0 Å². The summed E-state index contributed by atoms with van der Waals surface area (Å²) in [6, 6.07) is 8.81. The van der Waals surface area contributed by atoms with Crippen LogP contribution in [0.15, 0.2) is 36.4 Å². The number of aliphatic hydroxyl groups is 1. The quantitative estimate of drug-likeness (QED) is 0.649. The number of ether oxygens (including phenoxy) is 1. The summed E-state index contributed by atoms with van der Waals surface area (Å²) in [5, 5.41) is 21.3. The third-order valence-corrected chi connectivity index (χ3v) is 3.32. The van der Waals surface area contributed by atoms with Crippen LogP contribution in [0, 0.1) is 10.1 Å². The fourth-order valence-corrected chi connectivity index (χ4v) is 2.02. The van der Waals surface area contributed by atoms with Gasteiger partial charge in [-0.2, -0.15) is 0 Å². The highest BCUT2D eigenvalue weighted by Crippen LogP contribution is 2.37. The van der Waals surface area contributed by atoms with E-state index in [4.69, 9.17) is 27.9 Å². The number of hydrogen-bond acceptors (Lipinski definition) is 4. The van der Waals surface area contributed by atoms with Gasteiger partial charge in [-0.25, -0.2) is 0 Å². The summed E-state index contributed by atoms with van der Waals surface area (Å²) >= 11 is 11.8. The second-order valence-electron chi connectivity index (χ2n) is 4.34. The number of rotatable bonds is 4. The van der Waals surface area contributed by atoms with Gasteiger partial charge >= 0.3 is 5.69 Å². The summed E-state index contributed by atoms with van der Waals surface area (Å²) in [6.07, 6.45) is -0.812. The molecule has 0 aromatic heterocycles. The smallest absolute Gasteiger partial charge is 0.311 e. The van der Waals surface area contributed by atoms with E-state index in [0.717, 1.165) is 0 Å². The van der Waals surface area contributed by atoms with E-state index in [-0.39, 0.29) is 22.2 Å². The van der Waals surface area contributed by atoms with E-state index in [1.165, 1.54) is 31.2 Å². The van der Waals surface area contributed by atoms with Gasteiger partial charge < -0.3 is 9.84 Å². The molecule has 0 radical (unpaired) electrons. The van der Waals surface area contributed by atoms with Crippen LogP contribution in [-0.2, 0) is 0 Å². The largest absolute Gasteiger partial charge is 0.449 e. The Kier molecular flexibility index (Phi) is 4.67. The highest BCUT2D eigenvalue weighted by atomic mass is 35.5. The molecule has 2 rings (SSSR count). The number of benzene rings is 2. The van der Waals surface area contributed by atoms with Crippen LogP contribution in [0.1, 0.15) is 18.6 Å². The molecule has 1 atom stereocenters. The molecule has 7 heteroatoms. The minimum atomic E-state index is -0.812. The zero-order valence-corrected chi connectivity index (χ0v) is 12.4. The molecule has 0 bridgehead atoms. The van der Waals surface area contributed by atoms with Gasteiger partial charge in [0.15, 0.2) is 0 Å². The van der Waals surface area contributed by atoms with Crippen molar-refractivity contribution in [3.8, 4) is 11.5 Å². The van der Waals surface area contributed by atoms with Crippen LogP contribution in [0.5, 0.6) is 11.5 Å². The first-order valence-corrected chi connectivity index (χ1v) is 6.73. The summed E-state index contributed by atoms with van der Waals surface area (Å²) in [7, 11) is 0. The Morgan fingerprint density at radius 2 is 1.90 bits per heavy atom. The second-order valence-corrected chi connectivity index (χ2v) is 5.18. The lowest BCUT2D eigenvalue weighted by Gasteiger charge is -2.10. The van der Waals surface area contributed by atoms with Crippen LogP contribution in [0.25, 0.3) is 0 Å². The van der Waals surface area contributed by atoms with Crippen LogP contribution in [0.4, 0.5) is 5.69 Å². The molecular weight excluding hydrogens is 317 g/mol. The van der Waals surface area contributed by atoms with Crippen molar-refractivity contribution in [1.29, 1.82) is 0 Å². The number of nitrogens with zero attached hydrogens (tertiary/aromatic N) is 1. The molecule has 2 aromatic rings. The van der Waals surface area contributed by atoms with Crippen molar-refractivity contribution in [2.75, 3.05) is 0 Å². The van der Waals surface area contributed by atoms with Crippen LogP contribution >= 0.6 is 23.2 Å². The lowest BCUT2D eigenvalue weighted by atomic mass is 10.1. The molecule has 0 unspecified atom stereocenters. The Morgan fingerprint density at radius 1 is 1.19 bits per heavy atom. The fourth-order valence-electron chi connectivity index (χ4n) is 1.70. The maximum atomic E-state index is 11.1. The molecule has 0 aliphatic heterocycles. The number of hydrogen-bond donors (Lipinski definition) is 1. The molecule has 0 saturated heterocycles. The van der Waals surface area contributed by atoms with Crippen molar-refractivity contribution in [2.45, 2.75) is 13.0 Å². The minimum Gasteiger partial charge on any atom is -0.449 e. The molecule has 0 aliphatic rings. The topological polar surface area (TPSA) is 72.6 Å². The van der Waals surface area contributed by atoms with E-state index < -0.39 is 11.0 Å². The number of aliphatic hydroxyl groups excluding tert-OH is 1. The molecule has 2 aromatic carbocycles. The molecule has 110 valence electrons. The molecule has 0 heterocycles. The molecule has 0 aliphatic carbocycles. The van der Waals surface area contributed by atoms with Crippen LogP contribution in [0.2, 0.25) is 10.0 Å². The van der Waals surface area contributed by atoms with Gasteiger partial charge in [-0.3, -0.25) is 10.1 Å². The van der Waals surface area contributed by atoms with Crippen molar-refractivity contribution < 1.29 is 14.8 Å². The van der Waals surface area contributed by atoms with Gasteiger partial charge in [-0.15, -0.1) is 0 Å². The van der Waals surface area contributed by atoms with Crippen LogP contribution in [-0.4, -0.2) is 10.0 Å². The Hall–Kier alpha value is -1.82. The molecule has 0 saturated carbocycles. The highest BCUT2D eigenvalue weighted by molar-refractivity contribution is 6.34. The minimum absolute atomic E-state index is 0.0218. The van der Waals surface area contributed by atoms with Gasteiger partial charge in [0.1, 0.15) is 5.75 Å². The Balaban J connectivity index is 2.44. The molecule has 0 amide bonds. The predicted octanol–water partition coefficient (Wildman–Crippen LogP) is 4.75.